The number of ether oxygens (including phenoxy) is 5. The Morgan fingerprint density at radius 1 is 1.13 bits per heavy atom. The molecule has 5 N–H and O–H groups in total. The van der Waals surface area contributed by atoms with Crippen molar-refractivity contribution in [2.45, 2.75) is 155 Å². The Bertz CT molecular complexity index is 1810. The summed E-state index contributed by atoms with van der Waals surface area (Å²) < 4.78 is 32.8. The number of aryl methyl sites for hydroxylation is 1. The molecule has 1 aromatic heterocycles. The van der Waals surface area contributed by atoms with Crippen LogP contribution in [0.1, 0.15) is 94.4 Å². The number of hydrogen-bond acceptors (Lipinski definition) is 14. The number of cyclic esters (lactones) is 1. The van der Waals surface area contributed by atoms with Gasteiger partial charge in [0.2, 0.25) is 0 Å². The number of benzene rings is 1. The quantitative estimate of drug-likeness (QED) is 0.0668. The molecule has 0 bridgehead atoms. The number of aromatic nitrogens is 3. The third-order valence-electron chi connectivity index (χ3n) is 14.0. The summed E-state index contributed by atoms with van der Waals surface area (Å²) in [5.74, 6) is -3.89. The summed E-state index contributed by atoms with van der Waals surface area (Å²) in [5, 5.41) is 33.9. The van der Waals surface area contributed by atoms with E-state index in [2.05, 4.69) is 48.2 Å². The number of carbonyl (C=O) groups excluding carboxylic acids is 2. The van der Waals surface area contributed by atoms with Crippen LogP contribution in [-0.2, 0) is 39.8 Å². The molecule has 3 aliphatic rings. The summed E-state index contributed by atoms with van der Waals surface area (Å²) >= 11 is 0. The number of morpholine rings is 1. The molecule has 4 heterocycles. The lowest BCUT2D eigenvalue weighted by Gasteiger charge is -2.48. The highest BCUT2D eigenvalue weighted by Gasteiger charge is 2.55. The smallest absolute Gasteiger partial charge is 0.410 e. The molecule has 3 saturated heterocycles. The van der Waals surface area contributed by atoms with Gasteiger partial charge < -0.3 is 44.9 Å². The Hall–Kier alpha value is -3.71. The first-order chi connectivity index (χ1) is 29.8. The summed E-state index contributed by atoms with van der Waals surface area (Å²) in [5.41, 5.74) is 6.43. The van der Waals surface area contributed by atoms with Crippen molar-refractivity contribution in [1.29, 1.82) is 0 Å². The van der Waals surface area contributed by atoms with Crippen LogP contribution in [0.4, 0.5) is 10.5 Å². The molecule has 0 aliphatic carbocycles. The third-order valence-corrected chi connectivity index (χ3v) is 14.0. The van der Waals surface area contributed by atoms with Gasteiger partial charge in [-0.05, 0) is 97.2 Å². The Morgan fingerprint density at radius 3 is 2.48 bits per heavy atom. The van der Waals surface area contributed by atoms with Gasteiger partial charge in [-0.15, -0.1) is 5.10 Å². The number of anilines is 1. The maximum Gasteiger partial charge on any atom is 0.410 e. The number of carboxylic acid groups (broad SMARTS) is 1. The number of carboxylic acids is 1. The average molecular weight is 886 g/mol. The molecule has 1 amide bonds. The van der Waals surface area contributed by atoms with Crippen molar-refractivity contribution in [1.82, 2.24) is 30.1 Å². The van der Waals surface area contributed by atoms with Crippen LogP contribution in [0.2, 0.25) is 0 Å². The predicted molar refractivity (Wildman–Crippen MR) is 238 cm³/mol. The minimum absolute atomic E-state index is 0.0545. The Balaban J connectivity index is 1.27. The van der Waals surface area contributed by atoms with Gasteiger partial charge in [-0.1, -0.05) is 45.0 Å². The fourth-order valence-electron chi connectivity index (χ4n) is 9.91. The van der Waals surface area contributed by atoms with Gasteiger partial charge in [0.15, 0.2) is 12.1 Å². The number of hydrogen-bond donors (Lipinski definition) is 4. The second kappa shape index (κ2) is 22.0. The number of carbonyl (C=O) groups is 3. The van der Waals surface area contributed by atoms with Crippen molar-refractivity contribution >= 4 is 23.5 Å². The van der Waals surface area contributed by atoms with Crippen LogP contribution >= 0.6 is 0 Å². The second-order valence-corrected chi connectivity index (χ2v) is 18.8. The zero-order valence-corrected chi connectivity index (χ0v) is 39.2. The van der Waals surface area contributed by atoms with Crippen LogP contribution in [0, 0.1) is 23.7 Å². The Morgan fingerprint density at radius 2 is 1.83 bits per heavy atom. The minimum Gasteiger partial charge on any atom is -0.481 e. The Kier molecular flexibility index (Phi) is 17.5. The van der Waals surface area contributed by atoms with Crippen molar-refractivity contribution in [3.05, 3.63) is 30.5 Å². The van der Waals surface area contributed by atoms with Gasteiger partial charge in [-0.3, -0.25) is 24.1 Å². The lowest BCUT2D eigenvalue weighted by atomic mass is 9.78. The lowest BCUT2D eigenvalue weighted by molar-refractivity contribution is -0.298. The lowest BCUT2D eigenvalue weighted by Crippen LogP contribution is -2.61. The maximum absolute atomic E-state index is 13.8. The van der Waals surface area contributed by atoms with E-state index in [0.717, 1.165) is 30.5 Å². The minimum atomic E-state index is -1.28. The highest BCUT2D eigenvalue weighted by atomic mass is 16.7. The highest BCUT2D eigenvalue weighted by Crippen LogP contribution is 2.40. The van der Waals surface area contributed by atoms with Gasteiger partial charge in [-0.2, -0.15) is 0 Å². The molecule has 354 valence electrons. The van der Waals surface area contributed by atoms with Gasteiger partial charge >= 0.3 is 12.1 Å². The molecule has 13 atom stereocenters. The topological polar surface area (TPSA) is 213 Å². The number of amides is 1. The number of aliphatic hydroxyl groups is 1. The number of Topliss-reactive ketones (excluding diaryl/α,β-unsaturated/α-hetero) is 1. The largest absolute Gasteiger partial charge is 0.481 e. The van der Waals surface area contributed by atoms with E-state index in [1.807, 2.05) is 60.8 Å². The molecular formula is C46H75N7O10. The van der Waals surface area contributed by atoms with Crippen molar-refractivity contribution < 1.29 is 48.3 Å². The monoisotopic (exact) mass is 886 g/mol. The van der Waals surface area contributed by atoms with Crippen LogP contribution in [-0.4, -0.2) is 153 Å². The molecule has 3 unspecified atom stereocenters. The molecule has 5 rings (SSSR count). The number of aliphatic carboxylic acids is 1. The summed E-state index contributed by atoms with van der Waals surface area (Å²) in [4.78, 5) is 43.5. The van der Waals surface area contributed by atoms with E-state index < -0.39 is 53.3 Å². The van der Waals surface area contributed by atoms with E-state index in [4.69, 9.17) is 29.4 Å². The van der Waals surface area contributed by atoms with E-state index in [9.17, 15) is 24.6 Å². The van der Waals surface area contributed by atoms with E-state index in [1.165, 1.54) is 6.92 Å². The van der Waals surface area contributed by atoms with Crippen LogP contribution < -0.4 is 11.1 Å². The first kappa shape index (κ1) is 50.3. The third kappa shape index (κ3) is 12.0. The first-order valence-electron chi connectivity index (χ1n) is 22.9. The summed E-state index contributed by atoms with van der Waals surface area (Å²) in [6.45, 7) is 21.4. The highest BCUT2D eigenvalue weighted by molar-refractivity contribution is 5.99. The molecule has 2 aromatic rings. The standard InChI is InChI=1S/C46H75N7O10/c1-11-29(3)46(9)40(53(44(58)63-46)18-13-12-17-52-27-36(49-50-52)34-15-14-16-35(47)24-34)33(7)48-26-28(2)25-45(8,59-10)41(31(5)38(54)32(6)42(56)57)62-43-39(55)37(23-30(4)61-43)51-19-21-60-22-20-51/h14-16,24,27-33,37,39-41,43,48,55H,11-13,17-23,25-26,47H2,1-10H3,(H,56,57)/t28-,29-,30?,31+,32-,33-,37?,39?,40-,41-,43+,45-,46-/m1/s1. The van der Waals surface area contributed by atoms with Crippen LogP contribution in [0.25, 0.3) is 11.3 Å². The van der Waals surface area contributed by atoms with Crippen molar-refractivity contribution in [2.75, 3.05) is 52.2 Å². The number of methoxy groups -OCH3 is 1. The predicted octanol–water partition coefficient (Wildman–Crippen LogP) is 4.85. The number of nitrogens with two attached hydrogens (primary N) is 1. The van der Waals surface area contributed by atoms with Gasteiger partial charge in [0.05, 0.1) is 43.3 Å². The average Bonchev–Trinajstić information content (AvgIpc) is 3.84. The fourth-order valence-corrected chi connectivity index (χ4v) is 9.91. The molecule has 3 aliphatic heterocycles. The number of nitrogen functional groups attached to an aromatic ring is 1. The van der Waals surface area contributed by atoms with Crippen LogP contribution in [0.5, 0.6) is 0 Å². The van der Waals surface area contributed by atoms with E-state index >= 15 is 0 Å². The molecule has 1 aromatic carbocycles. The van der Waals surface area contributed by atoms with Crippen molar-refractivity contribution in [3.8, 4) is 11.3 Å². The zero-order valence-electron chi connectivity index (χ0n) is 39.2. The number of ketones is 1. The molecule has 17 heteroatoms. The normalized spacial score (nSPS) is 28.4. The molecule has 0 radical (unpaired) electrons. The Labute approximate surface area is 373 Å². The molecular weight excluding hydrogens is 811 g/mol. The SMILES string of the molecule is CC[C@@H](C)[C@@]1(C)OC(=O)N(CCCCn2cc(-c3cccc(N)c3)nn2)[C@@H]1[C@@H](C)NC[C@H](C)C[C@@](C)(OC)[C@H](O[C@@H]1OC(C)CC(N2CCOCC2)C1O)[C@@H](C)C(=O)[C@@H](C)C(=O)O. The first-order valence-corrected chi connectivity index (χ1v) is 22.9. The maximum atomic E-state index is 13.8. The fraction of sp³-hybridized carbons (Fsp3) is 0.761. The second-order valence-electron chi connectivity index (χ2n) is 18.8. The molecule has 3 fully saturated rings. The number of nitrogens with one attached hydrogen (secondary N) is 1. The summed E-state index contributed by atoms with van der Waals surface area (Å²) in [6.07, 6.45) is 1.58. The zero-order chi connectivity index (χ0) is 46.2. The van der Waals surface area contributed by atoms with E-state index in [1.54, 1.807) is 14.0 Å². The van der Waals surface area contributed by atoms with Gasteiger partial charge in [0.25, 0.3) is 0 Å². The van der Waals surface area contributed by atoms with E-state index in [0.29, 0.717) is 64.5 Å². The number of aliphatic hydroxyl groups excluding tert-OH is 1. The van der Waals surface area contributed by atoms with Crippen LogP contribution in [0.15, 0.2) is 30.5 Å². The number of rotatable bonds is 23. The molecule has 0 saturated carbocycles. The van der Waals surface area contributed by atoms with Gasteiger partial charge in [0, 0.05) is 62.5 Å². The van der Waals surface area contributed by atoms with Gasteiger partial charge in [0.1, 0.15) is 23.3 Å². The number of unbranched alkanes of at least 4 members (excludes halogenated alkanes) is 1. The van der Waals surface area contributed by atoms with Gasteiger partial charge in [-0.25, -0.2) is 4.79 Å². The summed E-state index contributed by atoms with van der Waals surface area (Å²) in [7, 11) is 1.56. The van der Waals surface area contributed by atoms with Crippen molar-refractivity contribution in [2.24, 2.45) is 23.7 Å². The molecule has 0 spiro atoms. The van der Waals surface area contributed by atoms with Crippen molar-refractivity contribution in [3.63, 3.8) is 0 Å². The van der Waals surface area contributed by atoms with Crippen LogP contribution in [0.3, 0.4) is 0 Å². The number of nitrogens with zero attached hydrogens (tertiary/aromatic N) is 5. The molecule has 63 heavy (non-hydrogen) atoms. The molecule has 17 nitrogen and oxygen atoms in total. The van der Waals surface area contributed by atoms with E-state index in [-0.39, 0.29) is 42.2 Å². The summed E-state index contributed by atoms with van der Waals surface area (Å²) in [6, 6.07) is 6.86.